The SMILES string of the molecule is Brc1ccc(Br)c(NC2CCN3CCCC3C2)c1. The molecule has 0 saturated carbocycles. The number of hydrogen-bond donors (Lipinski definition) is 1. The third-order valence-electron chi connectivity index (χ3n) is 4.11. The van der Waals surface area contributed by atoms with Crippen LogP contribution in [-0.2, 0) is 0 Å². The second-order valence-corrected chi connectivity index (χ2v) is 7.09. The number of fused-ring (bicyclic) bond motifs is 1. The number of benzene rings is 1. The van der Waals surface area contributed by atoms with E-state index in [2.05, 4.69) is 60.3 Å². The molecule has 0 spiro atoms. The Labute approximate surface area is 125 Å². The summed E-state index contributed by atoms with van der Waals surface area (Å²) in [7, 11) is 0. The highest BCUT2D eigenvalue weighted by Gasteiger charge is 2.31. The van der Waals surface area contributed by atoms with Gasteiger partial charge in [0.1, 0.15) is 0 Å². The first-order valence-electron chi connectivity index (χ1n) is 6.68. The second kappa shape index (κ2) is 5.51. The maximum Gasteiger partial charge on any atom is 0.0498 e. The first-order chi connectivity index (χ1) is 8.72. The zero-order valence-corrected chi connectivity index (χ0v) is 13.5. The number of hydrogen-bond acceptors (Lipinski definition) is 2. The number of rotatable bonds is 2. The van der Waals surface area contributed by atoms with E-state index in [-0.39, 0.29) is 0 Å². The summed E-state index contributed by atoms with van der Waals surface area (Å²) in [5.74, 6) is 0. The summed E-state index contributed by atoms with van der Waals surface area (Å²) in [6.07, 6.45) is 5.32. The molecule has 4 heteroatoms. The van der Waals surface area contributed by atoms with Gasteiger partial charge in [-0.2, -0.15) is 0 Å². The average Bonchev–Trinajstić information content (AvgIpc) is 2.81. The lowest BCUT2D eigenvalue weighted by Crippen LogP contribution is -2.42. The topological polar surface area (TPSA) is 15.3 Å². The van der Waals surface area contributed by atoms with Crippen LogP contribution in [0, 0.1) is 0 Å². The van der Waals surface area contributed by atoms with Gasteiger partial charge in [0.15, 0.2) is 0 Å². The third-order valence-corrected chi connectivity index (χ3v) is 5.29. The van der Waals surface area contributed by atoms with Crippen molar-refractivity contribution in [2.24, 2.45) is 0 Å². The molecule has 0 aliphatic carbocycles. The van der Waals surface area contributed by atoms with Crippen molar-refractivity contribution in [2.75, 3.05) is 18.4 Å². The molecule has 3 rings (SSSR count). The van der Waals surface area contributed by atoms with Gasteiger partial charge in [-0.1, -0.05) is 15.9 Å². The van der Waals surface area contributed by atoms with Gasteiger partial charge in [-0.3, -0.25) is 0 Å². The predicted octanol–water partition coefficient (Wildman–Crippen LogP) is 4.25. The molecule has 0 amide bonds. The smallest absolute Gasteiger partial charge is 0.0498 e. The first-order valence-corrected chi connectivity index (χ1v) is 8.26. The van der Waals surface area contributed by atoms with Crippen molar-refractivity contribution < 1.29 is 0 Å². The van der Waals surface area contributed by atoms with Gasteiger partial charge >= 0.3 is 0 Å². The molecule has 2 heterocycles. The molecule has 2 atom stereocenters. The largest absolute Gasteiger partial charge is 0.381 e. The van der Waals surface area contributed by atoms with Crippen LogP contribution >= 0.6 is 31.9 Å². The van der Waals surface area contributed by atoms with Crippen LogP contribution in [-0.4, -0.2) is 30.1 Å². The molecule has 1 aromatic rings. The summed E-state index contributed by atoms with van der Waals surface area (Å²) in [5.41, 5.74) is 1.21. The van der Waals surface area contributed by atoms with Gasteiger partial charge in [-0.05, 0) is 66.4 Å². The molecule has 0 bridgehead atoms. The van der Waals surface area contributed by atoms with Crippen molar-refractivity contribution in [3.8, 4) is 0 Å². The first kappa shape index (κ1) is 12.9. The van der Waals surface area contributed by atoms with Gasteiger partial charge in [-0.25, -0.2) is 0 Å². The maximum absolute atomic E-state index is 3.70. The summed E-state index contributed by atoms with van der Waals surface area (Å²) < 4.78 is 2.28. The highest BCUT2D eigenvalue weighted by molar-refractivity contribution is 9.11. The average molecular weight is 374 g/mol. The highest BCUT2D eigenvalue weighted by atomic mass is 79.9. The van der Waals surface area contributed by atoms with Gasteiger partial charge in [0.2, 0.25) is 0 Å². The van der Waals surface area contributed by atoms with Gasteiger partial charge in [0, 0.05) is 33.3 Å². The second-order valence-electron chi connectivity index (χ2n) is 5.32. The number of anilines is 1. The quantitative estimate of drug-likeness (QED) is 0.833. The summed E-state index contributed by atoms with van der Waals surface area (Å²) in [6, 6.07) is 7.76. The fraction of sp³-hybridized carbons (Fsp3) is 0.571. The van der Waals surface area contributed by atoms with Crippen molar-refractivity contribution in [3.05, 3.63) is 27.1 Å². The number of nitrogens with zero attached hydrogens (tertiary/aromatic N) is 1. The number of nitrogens with one attached hydrogen (secondary N) is 1. The standard InChI is InChI=1S/C14H18Br2N2/c15-10-3-4-13(16)14(8-10)17-11-5-7-18-6-1-2-12(18)9-11/h3-4,8,11-12,17H,1-2,5-7,9H2. The van der Waals surface area contributed by atoms with E-state index in [1.54, 1.807) is 0 Å². The molecule has 2 fully saturated rings. The van der Waals surface area contributed by atoms with Gasteiger partial charge < -0.3 is 10.2 Å². The van der Waals surface area contributed by atoms with Crippen LogP contribution in [0.25, 0.3) is 0 Å². The minimum atomic E-state index is 0.620. The van der Waals surface area contributed by atoms with Crippen LogP contribution in [0.15, 0.2) is 27.1 Å². The van der Waals surface area contributed by atoms with Crippen LogP contribution in [0.3, 0.4) is 0 Å². The maximum atomic E-state index is 3.70. The molecule has 2 nitrogen and oxygen atoms in total. The van der Waals surface area contributed by atoms with E-state index in [0.29, 0.717) is 6.04 Å². The molecule has 1 N–H and O–H groups in total. The Hall–Kier alpha value is -0.0600. The zero-order chi connectivity index (χ0) is 12.5. The Morgan fingerprint density at radius 1 is 1.17 bits per heavy atom. The minimum absolute atomic E-state index is 0.620. The summed E-state index contributed by atoms with van der Waals surface area (Å²) in [4.78, 5) is 2.66. The van der Waals surface area contributed by atoms with Crippen LogP contribution in [0.1, 0.15) is 25.7 Å². The van der Waals surface area contributed by atoms with Gasteiger partial charge in [0.25, 0.3) is 0 Å². The van der Waals surface area contributed by atoms with Crippen molar-refractivity contribution in [1.82, 2.24) is 4.90 Å². The van der Waals surface area contributed by atoms with Crippen LogP contribution in [0.5, 0.6) is 0 Å². The molecule has 18 heavy (non-hydrogen) atoms. The Morgan fingerprint density at radius 3 is 2.94 bits per heavy atom. The molecular formula is C14H18Br2N2. The minimum Gasteiger partial charge on any atom is -0.381 e. The monoisotopic (exact) mass is 372 g/mol. The normalized spacial score (nSPS) is 28.1. The third kappa shape index (κ3) is 2.75. The fourth-order valence-corrected chi connectivity index (χ4v) is 3.91. The van der Waals surface area contributed by atoms with E-state index in [1.807, 2.05) is 0 Å². The lowest BCUT2D eigenvalue weighted by molar-refractivity contribution is 0.188. The number of halogens is 2. The molecule has 2 saturated heterocycles. The molecule has 2 aliphatic heterocycles. The molecule has 0 radical (unpaired) electrons. The molecule has 2 unspecified atom stereocenters. The molecule has 1 aromatic carbocycles. The summed E-state index contributed by atoms with van der Waals surface area (Å²) in [6.45, 7) is 2.58. The fourth-order valence-electron chi connectivity index (χ4n) is 3.18. The Bertz CT molecular complexity index is 436. The van der Waals surface area contributed by atoms with E-state index in [0.717, 1.165) is 15.0 Å². The van der Waals surface area contributed by atoms with Gasteiger partial charge in [0.05, 0.1) is 0 Å². The van der Waals surface area contributed by atoms with E-state index in [1.165, 1.54) is 44.5 Å². The number of piperidine rings is 1. The zero-order valence-electron chi connectivity index (χ0n) is 10.3. The molecule has 0 aromatic heterocycles. The lowest BCUT2D eigenvalue weighted by atomic mass is 9.97. The van der Waals surface area contributed by atoms with Crippen LogP contribution in [0.4, 0.5) is 5.69 Å². The van der Waals surface area contributed by atoms with Gasteiger partial charge in [-0.15, -0.1) is 0 Å². The summed E-state index contributed by atoms with van der Waals surface area (Å²) in [5, 5.41) is 3.70. The van der Waals surface area contributed by atoms with Crippen molar-refractivity contribution in [3.63, 3.8) is 0 Å². The summed E-state index contributed by atoms with van der Waals surface area (Å²) >= 11 is 7.16. The Kier molecular flexibility index (Phi) is 3.97. The van der Waals surface area contributed by atoms with Crippen molar-refractivity contribution in [1.29, 1.82) is 0 Å². The van der Waals surface area contributed by atoms with Crippen LogP contribution in [0.2, 0.25) is 0 Å². The van der Waals surface area contributed by atoms with E-state index in [4.69, 9.17) is 0 Å². The Morgan fingerprint density at radius 2 is 2.06 bits per heavy atom. The Balaban J connectivity index is 1.67. The molecule has 98 valence electrons. The van der Waals surface area contributed by atoms with E-state index < -0.39 is 0 Å². The molecule has 2 aliphatic rings. The van der Waals surface area contributed by atoms with Crippen molar-refractivity contribution >= 4 is 37.5 Å². The van der Waals surface area contributed by atoms with Crippen molar-refractivity contribution in [2.45, 2.75) is 37.8 Å². The van der Waals surface area contributed by atoms with E-state index >= 15 is 0 Å². The molecular weight excluding hydrogens is 356 g/mol. The van der Waals surface area contributed by atoms with Crippen LogP contribution < -0.4 is 5.32 Å². The lowest BCUT2D eigenvalue weighted by Gasteiger charge is -2.35. The highest BCUT2D eigenvalue weighted by Crippen LogP contribution is 2.31. The predicted molar refractivity (Wildman–Crippen MR) is 83.1 cm³/mol. The van der Waals surface area contributed by atoms with E-state index in [9.17, 15) is 0 Å².